The van der Waals surface area contributed by atoms with Gasteiger partial charge in [-0.15, -0.1) is 0 Å². The summed E-state index contributed by atoms with van der Waals surface area (Å²) in [5.74, 6) is 5.62. The number of benzene rings is 1. The van der Waals surface area contributed by atoms with Crippen molar-refractivity contribution in [3.8, 4) is 0 Å². The molecule has 0 spiro atoms. The third-order valence-corrected chi connectivity index (χ3v) is 6.97. The lowest BCUT2D eigenvalue weighted by atomic mass is 10.1. The zero-order valence-corrected chi connectivity index (χ0v) is 17.2. The number of rotatable bonds is 6. The molecule has 0 bridgehead atoms. The maximum Gasteiger partial charge on any atom is 0.302 e. The van der Waals surface area contributed by atoms with E-state index in [1.54, 1.807) is 32.9 Å². The van der Waals surface area contributed by atoms with Crippen LogP contribution in [0.1, 0.15) is 37.0 Å². The largest absolute Gasteiger partial charge is 0.466 e. The van der Waals surface area contributed by atoms with Crippen molar-refractivity contribution in [1.29, 1.82) is 0 Å². The molecule has 144 valence electrons. The molecule has 0 aromatic heterocycles. The Hall–Kier alpha value is -1.55. The van der Waals surface area contributed by atoms with Gasteiger partial charge in [-0.3, -0.25) is 9.80 Å². The third-order valence-electron chi connectivity index (χ3n) is 3.96. The van der Waals surface area contributed by atoms with Gasteiger partial charge in [-0.25, -0.2) is 10.0 Å². The molecule has 7 nitrogen and oxygen atoms in total. The molecule has 0 fully saturated rings. The van der Waals surface area contributed by atoms with Crippen molar-refractivity contribution in [3.05, 3.63) is 39.4 Å². The average Bonchev–Trinajstić information content (AvgIpc) is 2.73. The maximum absolute atomic E-state index is 12.8. The molecule has 0 amide bonds. The van der Waals surface area contributed by atoms with Gasteiger partial charge in [0.2, 0.25) is 5.56 Å². The lowest BCUT2D eigenvalue weighted by Crippen LogP contribution is -2.37. The number of nitrogens with zero attached hydrogens (tertiary/aromatic N) is 1. The van der Waals surface area contributed by atoms with Gasteiger partial charge in [-0.2, -0.15) is 8.42 Å². The highest BCUT2D eigenvalue weighted by Crippen LogP contribution is 2.40. The van der Waals surface area contributed by atoms with Gasteiger partial charge in [0, 0.05) is 23.9 Å². The number of carbonyl (C=O) groups is 1. The number of hydrazine groups is 1. The van der Waals surface area contributed by atoms with Crippen LogP contribution in [0.3, 0.4) is 0 Å². The number of esters is 1. The smallest absolute Gasteiger partial charge is 0.302 e. The zero-order chi connectivity index (χ0) is 19.6. The molecule has 1 aromatic rings. The Morgan fingerprint density at radius 1 is 1.23 bits per heavy atom. The lowest BCUT2D eigenvalue weighted by molar-refractivity contribution is -0.140. The van der Waals surface area contributed by atoms with Gasteiger partial charge in [0.05, 0.1) is 6.61 Å². The van der Waals surface area contributed by atoms with Crippen LogP contribution in [0.15, 0.2) is 27.6 Å². The normalized spacial score (nSPS) is 17.8. The third kappa shape index (κ3) is 4.59. The van der Waals surface area contributed by atoms with E-state index in [1.807, 2.05) is 6.92 Å². The molecule has 0 saturated carbocycles. The van der Waals surface area contributed by atoms with Gasteiger partial charge in [0.1, 0.15) is 4.90 Å². The second kappa shape index (κ2) is 7.99. The van der Waals surface area contributed by atoms with Crippen LogP contribution in [0.2, 0.25) is 0 Å². The van der Waals surface area contributed by atoms with Crippen LogP contribution in [0, 0.1) is 20.8 Å². The minimum absolute atomic E-state index is 0.170. The summed E-state index contributed by atoms with van der Waals surface area (Å²) in [7, 11) is -3.99. The fraction of sp³-hybridized carbons (Fsp3) is 0.471. The van der Waals surface area contributed by atoms with Crippen LogP contribution in [-0.2, 0) is 23.8 Å². The van der Waals surface area contributed by atoms with Crippen LogP contribution in [0.25, 0.3) is 0 Å². The molecule has 2 N–H and O–H groups in total. The Labute approximate surface area is 158 Å². The molecule has 2 rings (SSSR count). The van der Waals surface area contributed by atoms with Crippen LogP contribution in [0.4, 0.5) is 0 Å². The highest BCUT2D eigenvalue weighted by atomic mass is 32.2. The first-order valence-electron chi connectivity index (χ1n) is 8.07. The Morgan fingerprint density at radius 3 is 2.35 bits per heavy atom. The first-order valence-corrected chi connectivity index (χ1v) is 10.4. The fourth-order valence-corrected chi connectivity index (χ4v) is 5.65. The Kier molecular flexibility index (Phi) is 6.38. The first-order chi connectivity index (χ1) is 12.0. The molecule has 1 aliphatic rings. The number of allylic oxidation sites excluding steroid dienone is 1. The van der Waals surface area contributed by atoms with Gasteiger partial charge in [-0.1, -0.05) is 29.5 Å². The van der Waals surface area contributed by atoms with Crippen molar-refractivity contribution in [2.45, 2.75) is 51.5 Å². The van der Waals surface area contributed by atoms with E-state index in [-0.39, 0.29) is 17.5 Å². The van der Waals surface area contributed by atoms with Gasteiger partial charge < -0.3 is 4.74 Å². The molecule has 1 atom stereocenters. The summed E-state index contributed by atoms with van der Waals surface area (Å²) in [5, 5.41) is 1.28. The van der Waals surface area contributed by atoms with E-state index in [0.29, 0.717) is 23.2 Å². The Bertz CT molecular complexity index is 826. The number of hydrogen-bond acceptors (Lipinski definition) is 8. The molecule has 1 unspecified atom stereocenters. The van der Waals surface area contributed by atoms with Crippen molar-refractivity contribution >= 4 is 27.8 Å². The summed E-state index contributed by atoms with van der Waals surface area (Å²) >= 11 is 1.20. The summed E-state index contributed by atoms with van der Waals surface area (Å²) in [5.41, 5.74) is 2.05. The summed E-state index contributed by atoms with van der Waals surface area (Å²) in [6, 6.07) is 3.61. The number of aryl methyl sites for hydroxylation is 3. The van der Waals surface area contributed by atoms with Gasteiger partial charge in [0.15, 0.2) is 0 Å². The van der Waals surface area contributed by atoms with Crippen LogP contribution >= 0.6 is 11.8 Å². The minimum Gasteiger partial charge on any atom is -0.466 e. The second-order valence-electron chi connectivity index (χ2n) is 6.21. The van der Waals surface area contributed by atoms with Gasteiger partial charge in [0.25, 0.3) is 10.1 Å². The van der Waals surface area contributed by atoms with E-state index in [0.717, 1.165) is 10.5 Å². The van der Waals surface area contributed by atoms with E-state index in [1.165, 1.54) is 23.7 Å². The second-order valence-corrected chi connectivity index (χ2v) is 8.85. The molecular formula is C17H24N2O5S2. The number of hydrogen-bond donors (Lipinski definition) is 1. The standard InChI is InChI=1S/C17H24N2O5S2/c1-10-8-11(2)16(12(3)9-10)26(21,22)24-17-19(18)13(4)15(25-17)6-7-23-14(5)20/h8-9,17H,6-7,18H2,1-5H3. The molecule has 1 aliphatic heterocycles. The van der Waals surface area contributed by atoms with Gasteiger partial charge >= 0.3 is 5.97 Å². The summed E-state index contributed by atoms with van der Waals surface area (Å²) in [6.45, 7) is 8.71. The van der Waals surface area contributed by atoms with E-state index < -0.39 is 15.7 Å². The first kappa shape index (κ1) is 20.8. The quantitative estimate of drug-likeness (QED) is 0.442. The van der Waals surface area contributed by atoms with E-state index in [2.05, 4.69) is 0 Å². The van der Waals surface area contributed by atoms with Crippen LogP contribution < -0.4 is 5.84 Å². The maximum atomic E-state index is 12.8. The Balaban J connectivity index is 2.15. The van der Waals surface area contributed by atoms with Crippen molar-refractivity contribution < 1.29 is 22.1 Å². The summed E-state index contributed by atoms with van der Waals surface area (Å²) in [6.07, 6.45) is 0.451. The molecule has 26 heavy (non-hydrogen) atoms. The van der Waals surface area contributed by atoms with Crippen molar-refractivity contribution in [2.24, 2.45) is 5.84 Å². The molecular weight excluding hydrogens is 376 g/mol. The predicted molar refractivity (Wildman–Crippen MR) is 100 cm³/mol. The number of carbonyl (C=O) groups excluding carboxylic acids is 1. The molecule has 9 heteroatoms. The molecule has 0 saturated heterocycles. The SMILES string of the molecule is CC(=O)OCCC1=C(C)N(N)C(OS(=O)(=O)c2c(C)cc(C)cc2C)S1. The van der Waals surface area contributed by atoms with Crippen LogP contribution in [-0.4, -0.2) is 31.6 Å². The molecule has 0 radical (unpaired) electrons. The summed E-state index contributed by atoms with van der Waals surface area (Å²) in [4.78, 5) is 11.9. The lowest BCUT2D eigenvalue weighted by Gasteiger charge is -2.22. The Morgan fingerprint density at radius 2 is 1.81 bits per heavy atom. The number of thioether (sulfide) groups is 1. The molecule has 0 aliphatic carbocycles. The highest BCUT2D eigenvalue weighted by Gasteiger charge is 2.34. The summed E-state index contributed by atoms with van der Waals surface area (Å²) < 4.78 is 35.9. The van der Waals surface area contributed by atoms with Gasteiger partial charge in [-0.05, 0) is 38.8 Å². The molecule has 1 aromatic carbocycles. The number of ether oxygens (including phenoxy) is 1. The van der Waals surface area contributed by atoms with Crippen LogP contribution in [0.5, 0.6) is 0 Å². The van der Waals surface area contributed by atoms with Crippen molar-refractivity contribution in [2.75, 3.05) is 6.61 Å². The van der Waals surface area contributed by atoms with E-state index in [9.17, 15) is 13.2 Å². The monoisotopic (exact) mass is 400 g/mol. The predicted octanol–water partition coefficient (Wildman–Crippen LogP) is 2.71. The number of nitrogens with two attached hydrogens (primary N) is 1. The topological polar surface area (TPSA) is 98.9 Å². The molecule has 1 heterocycles. The minimum atomic E-state index is -3.99. The average molecular weight is 401 g/mol. The fourth-order valence-electron chi connectivity index (χ4n) is 2.88. The highest BCUT2D eigenvalue weighted by molar-refractivity contribution is 8.04. The van der Waals surface area contributed by atoms with E-state index >= 15 is 0 Å². The van der Waals surface area contributed by atoms with Crippen molar-refractivity contribution in [3.63, 3.8) is 0 Å². The zero-order valence-electron chi connectivity index (χ0n) is 15.5. The van der Waals surface area contributed by atoms with E-state index in [4.69, 9.17) is 14.8 Å². The van der Waals surface area contributed by atoms with Crippen molar-refractivity contribution in [1.82, 2.24) is 5.01 Å².